The minimum atomic E-state index is -5.63. The first kappa shape index (κ1) is 34.7. The molecule has 2 saturated carbocycles. The van der Waals surface area contributed by atoms with Crippen molar-refractivity contribution in [3.63, 3.8) is 0 Å². The zero-order valence-corrected chi connectivity index (χ0v) is 26.3. The molecule has 2 aromatic carbocycles. The normalized spacial score (nSPS) is 23.2. The molecule has 2 heterocycles. The van der Waals surface area contributed by atoms with E-state index in [2.05, 4.69) is 4.84 Å². The number of rotatable bonds is 8. The minimum Gasteiger partial charge on any atom is -0.487 e. The molecule has 0 radical (unpaired) electrons. The number of hydrogen-bond donors (Lipinski definition) is 0. The van der Waals surface area contributed by atoms with E-state index in [1.165, 1.54) is 0 Å². The van der Waals surface area contributed by atoms with Crippen LogP contribution in [-0.4, -0.2) is 59.3 Å². The van der Waals surface area contributed by atoms with Crippen molar-refractivity contribution in [2.75, 3.05) is 0 Å². The number of fused-ring (bicyclic) bond motifs is 2. The van der Waals surface area contributed by atoms with Gasteiger partial charge >= 0.3 is 24.2 Å². The van der Waals surface area contributed by atoms with Crippen LogP contribution in [0.5, 0.6) is 5.75 Å². The number of alkyl halides is 6. The molecule has 2 bridgehead atoms. The lowest BCUT2D eigenvalue weighted by Crippen LogP contribution is -2.46. The van der Waals surface area contributed by atoms with Gasteiger partial charge in [-0.3, -0.25) is 9.69 Å². The number of piperidine rings is 1. The predicted molar refractivity (Wildman–Crippen MR) is 151 cm³/mol. The lowest BCUT2D eigenvalue weighted by molar-refractivity contribution is -0.217. The number of sulfonamides is 1. The van der Waals surface area contributed by atoms with E-state index in [1.807, 2.05) is 4.90 Å². The Bertz CT molecular complexity index is 1730. The lowest BCUT2D eigenvalue weighted by atomic mass is 9.95. The van der Waals surface area contributed by atoms with E-state index in [-0.39, 0.29) is 37.4 Å². The van der Waals surface area contributed by atoms with Crippen molar-refractivity contribution < 1.29 is 62.7 Å². The van der Waals surface area contributed by atoms with Gasteiger partial charge in [0.15, 0.2) is 11.6 Å². The molecule has 1 amide bonds. The summed E-state index contributed by atoms with van der Waals surface area (Å²) >= 11 is 5.70. The molecule has 2 aliphatic carbocycles. The van der Waals surface area contributed by atoms with Crippen molar-refractivity contribution in [3.05, 3.63) is 63.2 Å². The monoisotopic (exact) mass is 730 g/mol. The van der Waals surface area contributed by atoms with Crippen molar-refractivity contribution >= 4 is 33.5 Å². The van der Waals surface area contributed by atoms with Crippen molar-refractivity contribution in [1.29, 1.82) is 0 Å². The highest BCUT2D eigenvalue weighted by Gasteiger charge is 2.50. The van der Waals surface area contributed by atoms with E-state index in [0.29, 0.717) is 61.8 Å². The molecular weight excluding hydrogens is 704 g/mol. The van der Waals surface area contributed by atoms with Crippen LogP contribution >= 0.6 is 11.6 Å². The van der Waals surface area contributed by atoms with Crippen molar-refractivity contribution in [1.82, 2.24) is 9.37 Å². The fourth-order valence-corrected chi connectivity index (χ4v) is 8.12. The minimum absolute atomic E-state index is 0.0110. The van der Waals surface area contributed by atoms with Gasteiger partial charge in [0.05, 0.1) is 21.4 Å². The molecular formula is C30H27ClF8N2O6S. The summed E-state index contributed by atoms with van der Waals surface area (Å²) in [7, 11) is -4.88. The van der Waals surface area contributed by atoms with Crippen LogP contribution < -0.4 is 4.74 Å². The molecule has 2 aliphatic heterocycles. The first-order valence-electron chi connectivity index (χ1n) is 15.0. The maximum absolute atomic E-state index is 15.6. The summed E-state index contributed by atoms with van der Waals surface area (Å²) in [6.45, 7) is 0.163. The number of hydroxylamine groups is 1. The summed E-state index contributed by atoms with van der Waals surface area (Å²) in [5.41, 5.74) is -1.11. The Kier molecular flexibility index (Phi) is 8.89. The van der Waals surface area contributed by atoms with Crippen LogP contribution in [-0.2, 0) is 32.4 Å². The Balaban J connectivity index is 1.22. The quantitative estimate of drug-likeness (QED) is 0.213. The van der Waals surface area contributed by atoms with E-state index < -0.39 is 83.6 Å². The number of hydrogen-bond acceptors (Lipinski definition) is 7. The van der Waals surface area contributed by atoms with Crippen LogP contribution in [0.3, 0.4) is 0 Å². The highest BCUT2D eigenvalue weighted by molar-refractivity contribution is 7.90. The van der Waals surface area contributed by atoms with Crippen LogP contribution in [0.4, 0.5) is 35.1 Å². The van der Waals surface area contributed by atoms with Crippen LogP contribution in [0.25, 0.3) is 0 Å². The number of amides is 1. The highest BCUT2D eigenvalue weighted by Crippen LogP contribution is 2.46. The van der Waals surface area contributed by atoms with Gasteiger partial charge in [-0.15, -0.1) is 0 Å². The highest BCUT2D eigenvalue weighted by atomic mass is 35.5. The number of nitrogens with zero attached hydrogens (tertiary/aromatic N) is 2. The Hall–Kier alpha value is -3.18. The zero-order valence-electron chi connectivity index (χ0n) is 24.7. The number of benzene rings is 2. The average Bonchev–Trinajstić information content (AvgIpc) is 3.90. The van der Waals surface area contributed by atoms with Gasteiger partial charge in [-0.1, -0.05) is 16.1 Å². The summed E-state index contributed by atoms with van der Waals surface area (Å²) in [5.74, 6) is -7.85. The van der Waals surface area contributed by atoms with Gasteiger partial charge in [-0.2, -0.15) is 26.3 Å². The summed E-state index contributed by atoms with van der Waals surface area (Å²) in [4.78, 5) is 30.9. The Morgan fingerprint density at radius 1 is 0.917 bits per heavy atom. The maximum Gasteiger partial charge on any atom is 0.493 e. The predicted octanol–water partition coefficient (Wildman–Crippen LogP) is 7.04. The number of carbonyl (C=O) groups excluding carboxylic acids is 2. The van der Waals surface area contributed by atoms with Gasteiger partial charge in [0.2, 0.25) is 0 Å². The Labute approximate surface area is 273 Å². The second kappa shape index (κ2) is 12.3. The van der Waals surface area contributed by atoms with Gasteiger partial charge in [-0.05, 0) is 92.7 Å². The van der Waals surface area contributed by atoms with Crippen LogP contribution in [0.1, 0.15) is 84.3 Å². The smallest absolute Gasteiger partial charge is 0.487 e. The number of halogens is 9. The average molecular weight is 731 g/mol. The first-order chi connectivity index (χ1) is 22.3. The van der Waals surface area contributed by atoms with Crippen molar-refractivity contribution in [2.24, 2.45) is 0 Å². The Morgan fingerprint density at radius 3 is 2.08 bits per heavy atom. The molecule has 2 atom stereocenters. The summed E-state index contributed by atoms with van der Waals surface area (Å²) < 4.78 is 140. The molecule has 0 spiro atoms. The zero-order chi connectivity index (χ0) is 34.9. The van der Waals surface area contributed by atoms with Gasteiger partial charge in [0, 0.05) is 18.6 Å². The molecule has 8 nitrogen and oxygen atoms in total. The van der Waals surface area contributed by atoms with Crippen molar-refractivity contribution in [3.8, 4) is 5.75 Å². The molecule has 4 fully saturated rings. The molecule has 48 heavy (non-hydrogen) atoms. The second-order valence-electron chi connectivity index (χ2n) is 12.5. The third-order valence-electron chi connectivity index (χ3n) is 9.03. The SMILES string of the molecule is O=C(c1cc(C2CC2)c(CN2C3CCC2CC(Oc2cc(C(F)(F)F)cc(Cl)c2F)C3)cc1F)N(OC(=O)C(F)(F)F)S(=O)(=O)C1CC1. The number of ether oxygens (including phenoxy) is 1. The fraction of sp³-hybridized carbons (Fsp3) is 0.533. The molecule has 262 valence electrons. The van der Waals surface area contributed by atoms with Gasteiger partial charge < -0.3 is 9.57 Å². The molecule has 2 unspecified atom stereocenters. The van der Waals surface area contributed by atoms with E-state index in [0.717, 1.165) is 12.1 Å². The largest absolute Gasteiger partial charge is 0.493 e. The summed E-state index contributed by atoms with van der Waals surface area (Å²) in [6, 6.07) is 2.76. The topological polar surface area (TPSA) is 93.2 Å². The fourth-order valence-electron chi connectivity index (χ4n) is 6.41. The Morgan fingerprint density at radius 2 is 1.54 bits per heavy atom. The third kappa shape index (κ3) is 6.95. The molecule has 4 aliphatic rings. The summed E-state index contributed by atoms with van der Waals surface area (Å²) in [6.07, 6.45) is -7.81. The third-order valence-corrected chi connectivity index (χ3v) is 11.3. The van der Waals surface area contributed by atoms with Crippen LogP contribution in [0.15, 0.2) is 24.3 Å². The molecule has 2 aromatic rings. The molecule has 18 heteroatoms. The van der Waals surface area contributed by atoms with Crippen LogP contribution in [0.2, 0.25) is 5.02 Å². The van der Waals surface area contributed by atoms with Crippen molar-refractivity contribution in [2.45, 2.75) is 99.6 Å². The van der Waals surface area contributed by atoms with E-state index in [1.54, 1.807) is 0 Å². The maximum atomic E-state index is 15.6. The second-order valence-corrected chi connectivity index (χ2v) is 14.9. The molecule has 0 aromatic heterocycles. The van der Waals surface area contributed by atoms with E-state index in [4.69, 9.17) is 16.3 Å². The van der Waals surface area contributed by atoms with Crippen LogP contribution in [0, 0.1) is 11.6 Å². The first-order valence-corrected chi connectivity index (χ1v) is 16.9. The van der Waals surface area contributed by atoms with Gasteiger partial charge in [0.1, 0.15) is 11.9 Å². The summed E-state index contributed by atoms with van der Waals surface area (Å²) in [5, 5.41) is -2.00. The number of carbonyl (C=O) groups is 2. The van der Waals surface area contributed by atoms with Gasteiger partial charge in [-0.25, -0.2) is 22.0 Å². The lowest BCUT2D eigenvalue weighted by Gasteiger charge is -2.39. The van der Waals surface area contributed by atoms with E-state index >= 15 is 4.39 Å². The van der Waals surface area contributed by atoms with E-state index in [9.17, 15) is 48.7 Å². The van der Waals surface area contributed by atoms with Gasteiger partial charge in [0.25, 0.3) is 10.0 Å². The standard InChI is InChI=1S/C30H27ClF8N2O6S/c31-23-8-16(29(34,35)36)9-25(26(23)33)46-19-10-17-3-4-18(11-19)40(17)13-15-7-24(32)22(12-21(15)14-1-2-14)27(42)41(47-28(43)30(37,38)39)48(44,45)20-5-6-20/h7-9,12,14,17-20H,1-6,10-11,13H2. The molecule has 0 N–H and O–H groups in total. The molecule has 2 saturated heterocycles. The molecule has 6 rings (SSSR count).